The minimum absolute atomic E-state index is 0.0223. The Morgan fingerprint density at radius 3 is 2.65 bits per heavy atom. The van der Waals surface area contributed by atoms with Gasteiger partial charge in [0.1, 0.15) is 0 Å². The smallest absolute Gasteiger partial charge is 0.337 e. The van der Waals surface area contributed by atoms with E-state index in [9.17, 15) is 13.2 Å². The minimum Gasteiger partial charge on any atom is -0.465 e. The van der Waals surface area contributed by atoms with Gasteiger partial charge in [0.05, 0.1) is 24.2 Å². The minimum atomic E-state index is -2.88. The van der Waals surface area contributed by atoms with E-state index in [1.54, 1.807) is 12.1 Å². The average Bonchev–Trinajstić information content (AvgIpc) is 2.44. The van der Waals surface area contributed by atoms with Crippen LogP contribution >= 0.6 is 0 Å². The molecule has 110 valence electrons. The number of sulfone groups is 1. The third-order valence-corrected chi connectivity index (χ3v) is 5.25. The van der Waals surface area contributed by atoms with Crippen LogP contribution in [0.5, 0.6) is 0 Å². The Hall–Kier alpha value is -1.40. The van der Waals surface area contributed by atoms with E-state index < -0.39 is 9.84 Å². The highest BCUT2D eigenvalue weighted by molar-refractivity contribution is 7.91. The van der Waals surface area contributed by atoms with Crippen LogP contribution in [-0.4, -0.2) is 39.0 Å². The van der Waals surface area contributed by atoms with E-state index in [1.807, 2.05) is 12.1 Å². The Labute approximate surface area is 119 Å². The number of carbonyl (C=O) groups is 1. The predicted octanol–water partition coefficient (Wildman–Crippen LogP) is 1.14. The zero-order valence-electron chi connectivity index (χ0n) is 11.5. The Morgan fingerprint density at radius 1 is 1.35 bits per heavy atom. The molecule has 2 rings (SSSR count). The summed E-state index contributed by atoms with van der Waals surface area (Å²) in [5.41, 5.74) is 1.53. The lowest BCUT2D eigenvalue weighted by Gasteiger charge is -2.23. The summed E-state index contributed by atoms with van der Waals surface area (Å²) in [4.78, 5) is 11.3. The summed E-state index contributed by atoms with van der Waals surface area (Å²) in [5.74, 6) is 0.162. The van der Waals surface area contributed by atoms with Gasteiger partial charge in [0.25, 0.3) is 0 Å². The van der Waals surface area contributed by atoms with Crippen LogP contribution < -0.4 is 5.32 Å². The fourth-order valence-corrected chi connectivity index (χ4v) is 3.99. The monoisotopic (exact) mass is 297 g/mol. The number of nitrogens with one attached hydrogen (secondary N) is 1. The van der Waals surface area contributed by atoms with Gasteiger partial charge in [-0.25, -0.2) is 13.2 Å². The first-order valence-electron chi connectivity index (χ1n) is 6.61. The first kappa shape index (κ1) is 15.0. The van der Waals surface area contributed by atoms with Crippen molar-refractivity contribution >= 4 is 15.8 Å². The third kappa shape index (κ3) is 4.05. The summed E-state index contributed by atoms with van der Waals surface area (Å²) in [5, 5.41) is 3.26. The first-order chi connectivity index (χ1) is 9.50. The maximum Gasteiger partial charge on any atom is 0.337 e. The van der Waals surface area contributed by atoms with Crippen LogP contribution in [0.25, 0.3) is 0 Å². The summed E-state index contributed by atoms with van der Waals surface area (Å²) in [6.45, 7) is 0.599. The number of benzene rings is 1. The zero-order chi connectivity index (χ0) is 14.6. The van der Waals surface area contributed by atoms with E-state index >= 15 is 0 Å². The molecule has 20 heavy (non-hydrogen) atoms. The second kappa shape index (κ2) is 6.37. The standard InChI is InChI=1S/C14H19NO4S/c1-19-14(16)12-6-4-11(5-7-12)9-15-13-3-2-8-20(17,18)10-13/h4-7,13,15H,2-3,8-10H2,1H3. The molecule has 0 saturated carbocycles. The topological polar surface area (TPSA) is 72.5 Å². The van der Waals surface area contributed by atoms with Crippen molar-refractivity contribution in [1.82, 2.24) is 5.32 Å². The Morgan fingerprint density at radius 2 is 2.05 bits per heavy atom. The van der Waals surface area contributed by atoms with E-state index in [0.29, 0.717) is 17.9 Å². The van der Waals surface area contributed by atoms with Gasteiger partial charge in [-0.1, -0.05) is 12.1 Å². The summed E-state index contributed by atoms with van der Waals surface area (Å²) < 4.78 is 27.7. The van der Waals surface area contributed by atoms with Crippen molar-refractivity contribution in [2.75, 3.05) is 18.6 Å². The van der Waals surface area contributed by atoms with Crippen LogP contribution in [0.1, 0.15) is 28.8 Å². The molecule has 0 aromatic heterocycles. The van der Waals surface area contributed by atoms with Gasteiger partial charge in [0.15, 0.2) is 9.84 Å². The molecule has 1 atom stereocenters. The van der Waals surface area contributed by atoms with E-state index in [2.05, 4.69) is 10.1 Å². The number of hydrogen-bond donors (Lipinski definition) is 1. The maximum atomic E-state index is 11.5. The zero-order valence-corrected chi connectivity index (χ0v) is 12.3. The van der Waals surface area contributed by atoms with Crippen molar-refractivity contribution in [2.45, 2.75) is 25.4 Å². The molecule has 0 radical (unpaired) electrons. The molecule has 1 aliphatic heterocycles. The fraction of sp³-hybridized carbons (Fsp3) is 0.500. The molecule has 1 fully saturated rings. The van der Waals surface area contributed by atoms with Crippen LogP contribution in [0.4, 0.5) is 0 Å². The highest BCUT2D eigenvalue weighted by Gasteiger charge is 2.24. The molecule has 1 unspecified atom stereocenters. The summed E-state index contributed by atoms with van der Waals surface area (Å²) in [6.07, 6.45) is 1.61. The van der Waals surface area contributed by atoms with E-state index in [1.165, 1.54) is 7.11 Å². The van der Waals surface area contributed by atoms with E-state index in [4.69, 9.17) is 0 Å². The van der Waals surface area contributed by atoms with Gasteiger partial charge < -0.3 is 10.1 Å². The van der Waals surface area contributed by atoms with E-state index in [-0.39, 0.29) is 17.8 Å². The summed E-state index contributed by atoms with van der Waals surface area (Å²) >= 11 is 0. The molecule has 1 saturated heterocycles. The van der Waals surface area contributed by atoms with Crippen LogP contribution in [0.2, 0.25) is 0 Å². The SMILES string of the molecule is COC(=O)c1ccc(CNC2CCCS(=O)(=O)C2)cc1. The Bertz CT molecular complexity index is 565. The molecule has 1 aromatic carbocycles. The summed E-state index contributed by atoms with van der Waals surface area (Å²) in [7, 11) is -1.53. The van der Waals surface area contributed by atoms with Crippen molar-refractivity contribution in [3.05, 3.63) is 35.4 Å². The quantitative estimate of drug-likeness (QED) is 0.844. The number of esters is 1. The number of rotatable bonds is 4. The van der Waals surface area contributed by atoms with Gasteiger partial charge in [-0.2, -0.15) is 0 Å². The number of methoxy groups -OCH3 is 1. The van der Waals surface area contributed by atoms with Crippen LogP contribution in [0.15, 0.2) is 24.3 Å². The maximum absolute atomic E-state index is 11.5. The van der Waals surface area contributed by atoms with Crippen molar-refractivity contribution in [3.63, 3.8) is 0 Å². The molecule has 5 nitrogen and oxygen atoms in total. The second-order valence-corrected chi connectivity index (χ2v) is 7.25. The molecule has 0 bridgehead atoms. The lowest BCUT2D eigenvalue weighted by molar-refractivity contribution is 0.0600. The second-order valence-electron chi connectivity index (χ2n) is 5.02. The van der Waals surface area contributed by atoms with Gasteiger partial charge in [0.2, 0.25) is 0 Å². The van der Waals surface area contributed by atoms with Crippen LogP contribution in [0, 0.1) is 0 Å². The van der Waals surface area contributed by atoms with Crippen LogP contribution in [0.3, 0.4) is 0 Å². The number of hydrogen-bond acceptors (Lipinski definition) is 5. The highest BCUT2D eigenvalue weighted by atomic mass is 32.2. The summed E-state index contributed by atoms with van der Waals surface area (Å²) in [6, 6.07) is 7.13. The molecular formula is C14H19NO4S. The van der Waals surface area contributed by atoms with E-state index in [0.717, 1.165) is 18.4 Å². The third-order valence-electron chi connectivity index (χ3n) is 3.43. The molecule has 1 N–H and O–H groups in total. The average molecular weight is 297 g/mol. The molecule has 0 amide bonds. The number of carbonyl (C=O) groups excluding carboxylic acids is 1. The van der Waals surface area contributed by atoms with Gasteiger partial charge >= 0.3 is 5.97 Å². The van der Waals surface area contributed by atoms with Crippen molar-refractivity contribution in [2.24, 2.45) is 0 Å². The largest absolute Gasteiger partial charge is 0.465 e. The van der Waals surface area contributed by atoms with Gasteiger partial charge in [-0.3, -0.25) is 0 Å². The van der Waals surface area contributed by atoms with Gasteiger partial charge in [0, 0.05) is 12.6 Å². The highest BCUT2D eigenvalue weighted by Crippen LogP contribution is 2.13. The van der Waals surface area contributed by atoms with Gasteiger partial charge in [-0.05, 0) is 30.5 Å². The first-order valence-corrected chi connectivity index (χ1v) is 8.43. The Kier molecular flexibility index (Phi) is 4.77. The lowest BCUT2D eigenvalue weighted by atomic mass is 10.1. The molecule has 0 aliphatic carbocycles. The molecule has 1 aromatic rings. The fourth-order valence-electron chi connectivity index (χ4n) is 2.32. The molecular weight excluding hydrogens is 278 g/mol. The normalized spacial score (nSPS) is 21.4. The van der Waals surface area contributed by atoms with Gasteiger partial charge in [-0.15, -0.1) is 0 Å². The van der Waals surface area contributed by atoms with Crippen molar-refractivity contribution in [1.29, 1.82) is 0 Å². The van der Waals surface area contributed by atoms with Crippen molar-refractivity contribution in [3.8, 4) is 0 Å². The molecule has 1 heterocycles. The molecule has 1 aliphatic rings. The molecule has 0 spiro atoms. The van der Waals surface area contributed by atoms with Crippen LogP contribution in [-0.2, 0) is 21.1 Å². The number of ether oxygens (including phenoxy) is 1. The van der Waals surface area contributed by atoms with Crippen molar-refractivity contribution < 1.29 is 17.9 Å². The lowest BCUT2D eigenvalue weighted by Crippen LogP contribution is -2.39. The Balaban J connectivity index is 1.89. The predicted molar refractivity (Wildman–Crippen MR) is 76.3 cm³/mol. The molecule has 6 heteroatoms.